The SMILES string of the molecule is C1CCCC1.Nc1cc(C(F)(F)F)cnc1-c1nnc(NC2N=C(c3ccccc3)c3ccccc3NC2=O)o1. The minimum absolute atomic E-state index is 0.121. The molecule has 0 spiro atoms. The average Bonchev–Trinajstić information content (AvgIpc) is 3.65. The van der Waals surface area contributed by atoms with Gasteiger partial charge in [0.15, 0.2) is 5.69 Å². The van der Waals surface area contributed by atoms with Gasteiger partial charge in [-0.2, -0.15) is 13.2 Å². The fourth-order valence-corrected chi connectivity index (χ4v) is 4.37. The van der Waals surface area contributed by atoms with E-state index in [1.165, 1.54) is 32.1 Å². The highest BCUT2D eigenvalue weighted by atomic mass is 19.4. The second kappa shape index (κ2) is 11.6. The molecule has 9 nitrogen and oxygen atoms in total. The molecule has 206 valence electrons. The molecule has 2 aromatic carbocycles. The zero-order valence-electron chi connectivity index (χ0n) is 21.3. The van der Waals surface area contributed by atoms with Gasteiger partial charge in [-0.1, -0.05) is 85.7 Å². The molecule has 3 heterocycles. The Kier molecular flexibility index (Phi) is 7.76. The first-order valence-electron chi connectivity index (χ1n) is 12.8. The smallest absolute Gasteiger partial charge is 0.402 e. The number of aliphatic imine (C=N–C) groups is 1. The number of nitrogens with two attached hydrogens (primary N) is 1. The number of nitrogens with zero attached hydrogens (tertiary/aromatic N) is 4. The van der Waals surface area contributed by atoms with Crippen molar-refractivity contribution in [1.82, 2.24) is 15.2 Å². The summed E-state index contributed by atoms with van der Waals surface area (Å²) in [5.41, 5.74) is 6.96. The summed E-state index contributed by atoms with van der Waals surface area (Å²) in [5, 5.41) is 13.2. The third kappa shape index (κ3) is 6.11. The van der Waals surface area contributed by atoms with Crippen LogP contribution in [0.5, 0.6) is 0 Å². The summed E-state index contributed by atoms with van der Waals surface area (Å²) >= 11 is 0. The lowest BCUT2D eigenvalue weighted by molar-refractivity contribution is -0.137. The molecule has 4 N–H and O–H groups in total. The van der Waals surface area contributed by atoms with E-state index in [4.69, 9.17) is 10.2 Å². The number of benzodiazepines with no additional fused rings is 1. The van der Waals surface area contributed by atoms with E-state index in [1.54, 1.807) is 12.1 Å². The standard InChI is InChI=1S/C23H16F3N7O2.C5H10/c24-23(25,26)13-10-15(27)18(28-11-13)21-32-33-22(35-21)31-19-20(34)29-16-9-5-4-8-14(16)17(30-19)12-6-2-1-3-7-12;1-2-4-5-3-1/h1-11,19H,27H2,(H,29,34)(H,31,33);1-5H2. The van der Waals surface area contributed by atoms with Crippen molar-refractivity contribution in [1.29, 1.82) is 0 Å². The molecule has 4 aromatic rings. The molecule has 40 heavy (non-hydrogen) atoms. The molecule has 0 bridgehead atoms. The van der Waals surface area contributed by atoms with Crippen molar-refractivity contribution in [2.75, 3.05) is 16.4 Å². The van der Waals surface area contributed by atoms with Crippen LogP contribution in [0, 0.1) is 0 Å². The summed E-state index contributed by atoms with van der Waals surface area (Å²) in [6.45, 7) is 0. The summed E-state index contributed by atoms with van der Waals surface area (Å²) < 4.78 is 44.1. The van der Waals surface area contributed by atoms with Crippen LogP contribution in [0.3, 0.4) is 0 Å². The number of hydrogen-bond acceptors (Lipinski definition) is 8. The van der Waals surface area contributed by atoms with Gasteiger partial charge in [0.2, 0.25) is 6.17 Å². The van der Waals surface area contributed by atoms with Crippen molar-refractivity contribution in [3.05, 3.63) is 83.6 Å². The summed E-state index contributed by atoms with van der Waals surface area (Å²) in [5.74, 6) is -0.696. The average molecular weight is 550 g/mol. The molecule has 2 aliphatic rings. The van der Waals surface area contributed by atoms with Crippen molar-refractivity contribution in [2.24, 2.45) is 4.99 Å². The first-order valence-corrected chi connectivity index (χ1v) is 12.8. The van der Waals surface area contributed by atoms with Crippen LogP contribution in [-0.4, -0.2) is 33.0 Å². The number of para-hydroxylation sites is 1. The van der Waals surface area contributed by atoms with Crippen LogP contribution < -0.4 is 16.4 Å². The minimum Gasteiger partial charge on any atom is -0.402 e. The number of carbonyl (C=O) groups excluding carboxylic acids is 1. The summed E-state index contributed by atoms with van der Waals surface area (Å²) in [4.78, 5) is 21.2. The van der Waals surface area contributed by atoms with Gasteiger partial charge >= 0.3 is 12.2 Å². The number of aromatic nitrogens is 3. The quantitative estimate of drug-likeness (QED) is 0.288. The monoisotopic (exact) mass is 549 g/mol. The predicted molar refractivity (Wildman–Crippen MR) is 145 cm³/mol. The number of alkyl halides is 3. The molecular weight excluding hydrogens is 523 g/mol. The number of benzene rings is 2. The first kappa shape index (κ1) is 26.9. The van der Waals surface area contributed by atoms with E-state index in [9.17, 15) is 18.0 Å². The zero-order chi connectivity index (χ0) is 28.1. The van der Waals surface area contributed by atoms with E-state index in [0.29, 0.717) is 17.6 Å². The predicted octanol–water partition coefficient (Wildman–Crippen LogP) is 5.91. The lowest BCUT2D eigenvalue weighted by atomic mass is 10.0. The Balaban J connectivity index is 0.000000582. The second-order valence-corrected chi connectivity index (χ2v) is 9.27. The number of hydrogen-bond donors (Lipinski definition) is 3. The number of pyridine rings is 1. The van der Waals surface area contributed by atoms with Crippen LogP contribution in [0.2, 0.25) is 0 Å². The van der Waals surface area contributed by atoms with Gasteiger partial charge in [0.1, 0.15) is 0 Å². The molecule has 1 aliphatic carbocycles. The van der Waals surface area contributed by atoms with Gasteiger partial charge in [0.25, 0.3) is 11.8 Å². The fraction of sp³-hybridized carbons (Fsp3) is 0.250. The normalized spacial score (nSPS) is 16.6. The number of fused-ring (bicyclic) bond motifs is 1. The van der Waals surface area contributed by atoms with Crippen molar-refractivity contribution >= 4 is 29.0 Å². The number of halogens is 3. The molecule has 2 aromatic heterocycles. The van der Waals surface area contributed by atoms with Crippen LogP contribution in [0.15, 0.2) is 76.3 Å². The van der Waals surface area contributed by atoms with Crippen molar-refractivity contribution < 1.29 is 22.4 Å². The topological polar surface area (TPSA) is 131 Å². The molecule has 6 rings (SSSR count). The Morgan fingerprint density at radius 2 is 1.62 bits per heavy atom. The maximum atomic E-state index is 12.9. The van der Waals surface area contributed by atoms with Gasteiger partial charge in [0, 0.05) is 17.3 Å². The molecule has 0 saturated heterocycles. The molecule has 1 amide bonds. The fourth-order valence-electron chi connectivity index (χ4n) is 4.37. The zero-order valence-corrected chi connectivity index (χ0v) is 21.3. The Labute approximate surface area is 227 Å². The molecule has 1 fully saturated rings. The molecule has 1 atom stereocenters. The number of anilines is 3. The minimum atomic E-state index is -4.60. The van der Waals surface area contributed by atoms with Gasteiger partial charge in [-0.15, -0.1) is 5.10 Å². The highest BCUT2D eigenvalue weighted by Gasteiger charge is 2.32. The van der Waals surface area contributed by atoms with Crippen molar-refractivity contribution in [3.8, 4) is 11.6 Å². The second-order valence-electron chi connectivity index (χ2n) is 9.27. The highest BCUT2D eigenvalue weighted by molar-refractivity contribution is 6.19. The van der Waals surface area contributed by atoms with Crippen LogP contribution in [-0.2, 0) is 11.0 Å². The van der Waals surface area contributed by atoms with Crippen LogP contribution in [0.1, 0.15) is 48.8 Å². The van der Waals surface area contributed by atoms with Crippen LogP contribution >= 0.6 is 0 Å². The summed E-state index contributed by atoms with van der Waals surface area (Å²) in [6.07, 6.45) is 2.37. The Bertz CT molecular complexity index is 1510. The number of nitrogens with one attached hydrogen (secondary N) is 2. The Hall–Kier alpha value is -4.74. The lowest BCUT2D eigenvalue weighted by Gasteiger charge is -2.11. The molecular formula is C28H26F3N7O2. The molecule has 1 saturated carbocycles. The van der Waals surface area contributed by atoms with Crippen molar-refractivity contribution in [3.63, 3.8) is 0 Å². The van der Waals surface area contributed by atoms with E-state index >= 15 is 0 Å². The Morgan fingerprint density at radius 3 is 2.30 bits per heavy atom. The van der Waals surface area contributed by atoms with Gasteiger partial charge in [-0.05, 0) is 12.1 Å². The first-order chi connectivity index (χ1) is 19.3. The van der Waals surface area contributed by atoms with Gasteiger partial charge in [0.05, 0.1) is 22.6 Å². The number of nitrogen functional groups attached to an aromatic ring is 1. The third-order valence-electron chi connectivity index (χ3n) is 6.38. The largest absolute Gasteiger partial charge is 0.417 e. The van der Waals surface area contributed by atoms with Crippen molar-refractivity contribution in [2.45, 2.75) is 44.4 Å². The Morgan fingerprint density at radius 1 is 0.950 bits per heavy atom. The van der Waals surface area contributed by atoms with Crippen LogP contribution in [0.4, 0.5) is 30.6 Å². The summed E-state index contributed by atoms with van der Waals surface area (Å²) in [7, 11) is 0. The number of rotatable bonds is 4. The molecule has 12 heteroatoms. The van der Waals surface area contributed by atoms with Gasteiger partial charge in [-0.25, -0.2) is 9.98 Å². The van der Waals surface area contributed by atoms with Gasteiger partial charge in [-0.3, -0.25) is 4.79 Å². The van der Waals surface area contributed by atoms with E-state index in [2.05, 4.69) is 30.8 Å². The van der Waals surface area contributed by atoms with E-state index in [0.717, 1.165) is 17.2 Å². The summed E-state index contributed by atoms with van der Waals surface area (Å²) in [6, 6.07) is 17.1. The number of amides is 1. The van der Waals surface area contributed by atoms with Gasteiger partial charge < -0.3 is 20.8 Å². The molecule has 1 aliphatic heterocycles. The number of carbonyl (C=O) groups is 1. The highest BCUT2D eigenvalue weighted by Crippen LogP contribution is 2.33. The maximum Gasteiger partial charge on any atom is 0.417 e. The van der Waals surface area contributed by atoms with E-state index < -0.39 is 23.8 Å². The van der Waals surface area contributed by atoms with E-state index in [-0.39, 0.29) is 23.3 Å². The maximum absolute atomic E-state index is 12.9. The lowest BCUT2D eigenvalue weighted by Crippen LogP contribution is -2.32. The van der Waals surface area contributed by atoms with Crippen LogP contribution in [0.25, 0.3) is 11.6 Å². The third-order valence-corrected chi connectivity index (χ3v) is 6.38. The van der Waals surface area contributed by atoms with E-state index in [1.807, 2.05) is 42.5 Å². The molecule has 0 radical (unpaired) electrons. The molecule has 1 unspecified atom stereocenters.